The van der Waals surface area contributed by atoms with Crippen LogP contribution < -0.4 is 0 Å². The molecule has 0 radical (unpaired) electrons. The first-order chi connectivity index (χ1) is 12.1. The number of β-lactam (4-membered cyclic amide) rings is 1. The number of allylic oxidation sites excluding steroid dienone is 1. The number of rotatable bonds is 3. The Morgan fingerprint density at radius 2 is 1.73 bits per heavy atom. The van der Waals surface area contributed by atoms with E-state index in [9.17, 15) is 4.79 Å². The Morgan fingerprint density at radius 3 is 2.35 bits per heavy atom. The fourth-order valence-corrected chi connectivity index (χ4v) is 4.51. The molecule has 0 spiro atoms. The maximum Gasteiger partial charge on any atom is 0.236 e. The minimum atomic E-state index is -0.750. The molecule has 0 aromatic carbocycles. The van der Waals surface area contributed by atoms with Gasteiger partial charge in [-0.15, -0.1) is 0 Å². The molecule has 4 aliphatic heterocycles. The monoisotopic (exact) mass is 367 g/mol. The van der Waals surface area contributed by atoms with E-state index < -0.39 is 11.6 Å². The summed E-state index contributed by atoms with van der Waals surface area (Å²) < 4.78 is 30.1. The van der Waals surface area contributed by atoms with Gasteiger partial charge in [-0.05, 0) is 41.0 Å². The number of nitrogens with zero attached hydrogens (tertiary/aromatic N) is 1. The van der Waals surface area contributed by atoms with E-state index in [2.05, 4.69) is 0 Å². The zero-order valence-corrected chi connectivity index (χ0v) is 16.4. The van der Waals surface area contributed by atoms with Crippen LogP contribution in [-0.2, 0) is 28.5 Å². The van der Waals surface area contributed by atoms with Crippen molar-refractivity contribution in [1.82, 2.24) is 4.90 Å². The average Bonchev–Trinajstić information content (AvgIpc) is 3.07. The Labute approximate surface area is 154 Å². The second-order valence-electron chi connectivity index (χ2n) is 8.42. The highest BCUT2D eigenvalue weighted by atomic mass is 16.8. The summed E-state index contributed by atoms with van der Waals surface area (Å²) in [5.74, 6) is -0.484. The van der Waals surface area contributed by atoms with Crippen LogP contribution >= 0.6 is 0 Å². The van der Waals surface area contributed by atoms with Gasteiger partial charge in [0.2, 0.25) is 5.91 Å². The van der Waals surface area contributed by atoms with E-state index in [4.69, 9.17) is 23.7 Å². The van der Waals surface area contributed by atoms with Crippen molar-refractivity contribution in [1.29, 1.82) is 0 Å². The largest absolute Gasteiger partial charge is 0.494 e. The summed E-state index contributed by atoms with van der Waals surface area (Å²) in [6.07, 6.45) is -0.126. The Morgan fingerprint density at radius 1 is 1.04 bits per heavy atom. The second kappa shape index (κ2) is 5.92. The molecule has 4 heterocycles. The molecule has 5 atom stereocenters. The van der Waals surface area contributed by atoms with E-state index in [1.807, 2.05) is 46.4 Å². The third-order valence-corrected chi connectivity index (χ3v) is 5.64. The highest BCUT2D eigenvalue weighted by molar-refractivity contribution is 5.91. The summed E-state index contributed by atoms with van der Waals surface area (Å²) in [5, 5.41) is 0. The highest BCUT2D eigenvalue weighted by Crippen LogP contribution is 2.45. The molecule has 3 saturated heterocycles. The normalized spacial score (nSPS) is 41.1. The molecule has 1 amide bonds. The lowest BCUT2D eigenvalue weighted by molar-refractivity contribution is -0.176. The van der Waals surface area contributed by atoms with E-state index in [1.165, 1.54) is 0 Å². The summed E-state index contributed by atoms with van der Waals surface area (Å²) >= 11 is 0. The molecule has 0 aliphatic carbocycles. The van der Waals surface area contributed by atoms with Gasteiger partial charge in [0.05, 0.1) is 24.3 Å². The molecule has 4 rings (SSSR count). The van der Waals surface area contributed by atoms with Crippen molar-refractivity contribution in [2.75, 3.05) is 13.2 Å². The van der Waals surface area contributed by atoms with Crippen molar-refractivity contribution in [2.24, 2.45) is 5.92 Å². The molecule has 7 heteroatoms. The van der Waals surface area contributed by atoms with Crippen LogP contribution in [0.3, 0.4) is 0 Å². The molecule has 26 heavy (non-hydrogen) atoms. The minimum absolute atomic E-state index is 0.0726. The van der Waals surface area contributed by atoms with Crippen LogP contribution in [0.25, 0.3) is 0 Å². The first-order valence-electron chi connectivity index (χ1n) is 9.47. The fraction of sp³-hybridized carbons (Fsp3) is 0.842. The molecule has 0 saturated carbocycles. The lowest BCUT2D eigenvalue weighted by Gasteiger charge is -2.51. The Hall–Kier alpha value is -1.15. The summed E-state index contributed by atoms with van der Waals surface area (Å²) in [4.78, 5) is 14.6. The smallest absolute Gasteiger partial charge is 0.236 e. The van der Waals surface area contributed by atoms with Gasteiger partial charge in [-0.25, -0.2) is 0 Å². The standard InChI is InChI=1S/C19H29NO6/c1-7-11-14-10(2)22-8-12(20(14)17(11)21)15-16(26-19(5,6)25-15)13-9-23-18(3,4)24-13/h11-13,15-16H,7-9H2,1-6H3/t11-,12-,13+,15+,16+/m0/s1. The average molecular weight is 367 g/mol. The van der Waals surface area contributed by atoms with E-state index in [-0.39, 0.29) is 36.2 Å². The number of fused-ring (bicyclic) bond motifs is 1. The van der Waals surface area contributed by atoms with Crippen molar-refractivity contribution in [3.05, 3.63) is 11.5 Å². The lowest BCUT2D eigenvalue weighted by atomic mass is 9.84. The van der Waals surface area contributed by atoms with Crippen LogP contribution in [0.5, 0.6) is 0 Å². The number of hydrogen-bond acceptors (Lipinski definition) is 6. The summed E-state index contributed by atoms with van der Waals surface area (Å²) in [6.45, 7) is 12.3. The van der Waals surface area contributed by atoms with E-state index in [0.29, 0.717) is 13.2 Å². The maximum absolute atomic E-state index is 12.7. The SMILES string of the molecule is CC[C@@H]1C(=O)N2C1=C(C)OC[C@H]2[C@H]1OC(C)(C)O[C@@H]1[C@H]1COC(C)(C)O1. The third kappa shape index (κ3) is 2.76. The number of carbonyl (C=O) groups is 1. The van der Waals surface area contributed by atoms with Crippen LogP contribution in [0.15, 0.2) is 11.5 Å². The number of hydrogen-bond donors (Lipinski definition) is 0. The van der Waals surface area contributed by atoms with Gasteiger partial charge in [0.1, 0.15) is 30.7 Å². The van der Waals surface area contributed by atoms with Gasteiger partial charge >= 0.3 is 0 Å². The topological polar surface area (TPSA) is 66.5 Å². The zero-order valence-electron chi connectivity index (χ0n) is 16.4. The molecule has 0 aromatic heterocycles. The maximum atomic E-state index is 12.7. The summed E-state index contributed by atoms with van der Waals surface area (Å²) in [6, 6.07) is -0.219. The second-order valence-corrected chi connectivity index (χ2v) is 8.42. The van der Waals surface area contributed by atoms with Crippen LogP contribution in [-0.4, -0.2) is 59.9 Å². The van der Waals surface area contributed by atoms with Crippen LogP contribution in [0, 0.1) is 5.92 Å². The molecule has 3 fully saturated rings. The van der Waals surface area contributed by atoms with Gasteiger partial charge < -0.3 is 28.6 Å². The first-order valence-corrected chi connectivity index (χ1v) is 9.47. The molecule has 0 N–H and O–H groups in total. The summed E-state index contributed by atoms with van der Waals surface area (Å²) in [7, 11) is 0. The molecular formula is C19H29NO6. The van der Waals surface area contributed by atoms with Crippen LogP contribution in [0.1, 0.15) is 48.0 Å². The van der Waals surface area contributed by atoms with Crippen molar-refractivity contribution in [3.63, 3.8) is 0 Å². The quantitative estimate of drug-likeness (QED) is 0.712. The first kappa shape index (κ1) is 18.2. The van der Waals surface area contributed by atoms with Gasteiger partial charge in [-0.2, -0.15) is 0 Å². The number of amides is 1. The fourth-order valence-electron chi connectivity index (χ4n) is 4.51. The van der Waals surface area contributed by atoms with Crippen molar-refractivity contribution < 1.29 is 28.5 Å². The predicted octanol–water partition coefficient (Wildman–Crippen LogP) is 2.16. The Balaban J connectivity index is 1.60. The molecule has 146 valence electrons. The van der Waals surface area contributed by atoms with E-state index >= 15 is 0 Å². The van der Waals surface area contributed by atoms with Crippen LogP contribution in [0.4, 0.5) is 0 Å². The minimum Gasteiger partial charge on any atom is -0.494 e. The van der Waals surface area contributed by atoms with Gasteiger partial charge in [-0.1, -0.05) is 6.92 Å². The van der Waals surface area contributed by atoms with Crippen molar-refractivity contribution in [3.8, 4) is 0 Å². The highest BCUT2D eigenvalue weighted by Gasteiger charge is 2.58. The van der Waals surface area contributed by atoms with E-state index in [0.717, 1.165) is 17.9 Å². The van der Waals surface area contributed by atoms with Gasteiger partial charge in [0.25, 0.3) is 0 Å². The molecule has 4 aliphatic rings. The molecule has 7 nitrogen and oxygen atoms in total. The van der Waals surface area contributed by atoms with Crippen LogP contribution in [0.2, 0.25) is 0 Å². The predicted molar refractivity (Wildman–Crippen MR) is 91.8 cm³/mol. The van der Waals surface area contributed by atoms with Gasteiger partial charge in [-0.3, -0.25) is 4.79 Å². The number of carbonyl (C=O) groups excluding carboxylic acids is 1. The third-order valence-electron chi connectivity index (χ3n) is 5.64. The van der Waals surface area contributed by atoms with Gasteiger partial charge in [0.15, 0.2) is 11.6 Å². The zero-order chi connectivity index (χ0) is 18.9. The van der Waals surface area contributed by atoms with Gasteiger partial charge in [0, 0.05) is 0 Å². The lowest BCUT2D eigenvalue weighted by Crippen LogP contribution is -2.64. The molecule has 0 aromatic rings. The Kier molecular flexibility index (Phi) is 4.15. The van der Waals surface area contributed by atoms with Crippen molar-refractivity contribution >= 4 is 5.91 Å². The van der Waals surface area contributed by atoms with Crippen molar-refractivity contribution in [2.45, 2.75) is 83.9 Å². The summed E-state index contributed by atoms with van der Waals surface area (Å²) in [5.41, 5.74) is 0.990. The molecular weight excluding hydrogens is 338 g/mol. The number of ether oxygens (including phenoxy) is 5. The molecule has 0 unspecified atom stereocenters. The Bertz CT molecular complexity index is 642. The van der Waals surface area contributed by atoms with E-state index in [1.54, 1.807) is 0 Å². The molecule has 0 bridgehead atoms.